The van der Waals surface area contributed by atoms with Gasteiger partial charge in [-0.2, -0.15) is 0 Å². The fraction of sp³-hybridized carbons (Fsp3) is 0.579. The van der Waals surface area contributed by atoms with Crippen molar-refractivity contribution in [2.24, 2.45) is 0 Å². The molecule has 0 saturated carbocycles. The van der Waals surface area contributed by atoms with Crippen LogP contribution in [0.1, 0.15) is 117 Å². The van der Waals surface area contributed by atoms with Gasteiger partial charge in [0.2, 0.25) is 5.75 Å². The Bertz CT molecular complexity index is 1450. The molecule has 1 atom stereocenters. The minimum Gasteiger partial charge on any atom is -0.615 e. The number of rotatable bonds is 15. The summed E-state index contributed by atoms with van der Waals surface area (Å²) in [7, 11) is -3.64. The molecule has 0 heterocycles. The number of carbonyl (C=O) groups is 2. The molecule has 47 heavy (non-hydrogen) atoms. The molecule has 0 aliphatic heterocycles. The van der Waals surface area contributed by atoms with Gasteiger partial charge >= 0.3 is 11.9 Å². The Labute approximate surface area is 287 Å². The molecule has 0 aromatic carbocycles. The van der Waals surface area contributed by atoms with Gasteiger partial charge in [0.05, 0.1) is 32.1 Å². The second-order valence-corrected chi connectivity index (χ2v) is 13.4. The maximum absolute atomic E-state index is 11.2. The van der Waals surface area contributed by atoms with E-state index in [-0.39, 0.29) is 17.9 Å². The van der Waals surface area contributed by atoms with Gasteiger partial charge in [0.1, 0.15) is 11.5 Å². The summed E-state index contributed by atoms with van der Waals surface area (Å²) in [6.45, 7) is 4.38. The van der Waals surface area contributed by atoms with Crippen molar-refractivity contribution in [1.82, 2.24) is 0 Å². The Morgan fingerprint density at radius 3 is 1.40 bits per heavy atom. The Balaban J connectivity index is 0. The van der Waals surface area contributed by atoms with E-state index >= 15 is 0 Å². The number of sulfone groups is 1. The molecule has 0 rings (SSSR count). The summed E-state index contributed by atoms with van der Waals surface area (Å²) in [4.78, 5) is 20.6. The van der Waals surface area contributed by atoms with Gasteiger partial charge in [-0.3, -0.25) is 4.79 Å². The lowest BCUT2D eigenvalue weighted by molar-refractivity contribution is -0.135. The molecule has 0 fully saturated rings. The van der Waals surface area contributed by atoms with Crippen molar-refractivity contribution in [3.63, 3.8) is 0 Å². The van der Waals surface area contributed by atoms with E-state index in [1.54, 1.807) is 0 Å². The van der Waals surface area contributed by atoms with E-state index in [1.165, 1.54) is 44.9 Å². The summed E-state index contributed by atoms with van der Waals surface area (Å²) in [5, 5.41) is 16.8. The number of unbranched alkanes of at least 4 members (excludes halogenated alkanes) is 9. The van der Waals surface area contributed by atoms with Crippen LogP contribution in [0.4, 0.5) is 0 Å². The van der Waals surface area contributed by atoms with Gasteiger partial charge in [-0.25, -0.2) is 13.2 Å². The zero-order chi connectivity index (χ0) is 35.3. The number of carboxylic acids is 2. The first-order chi connectivity index (χ1) is 22.6. The van der Waals surface area contributed by atoms with Crippen LogP contribution >= 0.6 is 0 Å². The van der Waals surface area contributed by atoms with E-state index in [0.29, 0.717) is 25.7 Å². The quantitative estimate of drug-likeness (QED) is 0.131. The van der Waals surface area contributed by atoms with E-state index in [0.717, 1.165) is 25.7 Å². The molecule has 0 bridgehead atoms. The van der Waals surface area contributed by atoms with Crippen LogP contribution in [-0.4, -0.2) is 58.1 Å². The maximum Gasteiger partial charge on any atom is 0.353 e. The van der Waals surface area contributed by atoms with Crippen LogP contribution in [-0.2, 0) is 30.6 Å². The van der Waals surface area contributed by atoms with E-state index in [9.17, 15) is 22.6 Å². The summed E-state index contributed by atoms with van der Waals surface area (Å²) < 4.78 is 33.6. The van der Waals surface area contributed by atoms with Gasteiger partial charge in [-0.05, 0) is 29.9 Å². The second kappa shape index (κ2) is 35.0. The van der Waals surface area contributed by atoms with Crippen LogP contribution in [0, 0.1) is 82.9 Å². The fourth-order valence-electron chi connectivity index (χ4n) is 3.20. The van der Waals surface area contributed by atoms with Crippen molar-refractivity contribution in [3.8, 4) is 82.9 Å². The monoisotopic (exact) mass is 680 g/mol. The predicted molar refractivity (Wildman–Crippen MR) is 191 cm³/mol. The minimum atomic E-state index is -3.64. The lowest BCUT2D eigenvalue weighted by Gasteiger charge is -2.02. The van der Waals surface area contributed by atoms with Crippen LogP contribution in [0.15, 0.2) is 0 Å². The molecule has 0 aromatic heterocycles. The van der Waals surface area contributed by atoms with Crippen LogP contribution in [0.3, 0.4) is 0 Å². The van der Waals surface area contributed by atoms with Crippen molar-refractivity contribution in [1.29, 1.82) is 0 Å². The third-order valence-electron chi connectivity index (χ3n) is 5.47. The average Bonchev–Trinajstić information content (AvgIpc) is 3.00. The molecular weight excluding hydrogens is 633 g/mol. The van der Waals surface area contributed by atoms with E-state index in [1.807, 2.05) is 0 Å². The summed E-state index contributed by atoms with van der Waals surface area (Å²) in [5.74, 6) is 35.9. The Hall–Kier alpha value is -3.88. The molecule has 1 unspecified atom stereocenters. The van der Waals surface area contributed by atoms with Crippen molar-refractivity contribution < 1.29 is 32.8 Å². The fourth-order valence-corrected chi connectivity index (χ4v) is 4.64. The second-order valence-electron chi connectivity index (χ2n) is 9.88. The highest BCUT2D eigenvalue weighted by atomic mass is 32.2. The molecule has 7 nitrogen and oxygen atoms in total. The van der Waals surface area contributed by atoms with Crippen molar-refractivity contribution >= 4 is 33.0 Å². The van der Waals surface area contributed by atoms with Gasteiger partial charge in [0.15, 0.2) is 15.6 Å². The highest BCUT2D eigenvalue weighted by molar-refractivity contribution is 7.92. The molecule has 0 aliphatic rings. The third kappa shape index (κ3) is 42.1. The molecule has 0 amide bonds. The summed E-state index contributed by atoms with van der Waals surface area (Å²) in [5.41, 5.74) is 0. The molecule has 0 aromatic rings. The lowest BCUT2D eigenvalue weighted by Crippen LogP contribution is -2.17. The minimum absolute atomic E-state index is 0.0741. The molecule has 0 radical (unpaired) electrons. The standard InChI is InChI=1S/C19H26O4S.C19H22O3S/c1-2-3-4-5-6-7-8-9-10-11-12-13-14-15-16-17-24(22,23)18-19(20)21;1-2-3-4-5-6-7-8-9-10-11-12-13-14-15-16-17-23(22)18-19(20)21/h2-8,11,14,17-18H2,1H3,(H,20,21);2-5,8,11,14,17-18H2,1H3,(H,20,21). The van der Waals surface area contributed by atoms with Gasteiger partial charge in [-0.1, -0.05) is 124 Å². The normalized spacial score (nSPS) is 9.68. The molecule has 0 saturated heterocycles. The molecular formula is C38H48O7S2. The summed E-state index contributed by atoms with van der Waals surface area (Å²) >= 11 is -1.42. The number of hydrogen-bond acceptors (Lipinski definition) is 5. The van der Waals surface area contributed by atoms with E-state index in [4.69, 9.17) is 10.2 Å². The first kappa shape index (κ1) is 45.2. The zero-order valence-electron chi connectivity index (χ0n) is 27.9. The van der Waals surface area contributed by atoms with Crippen LogP contribution in [0.25, 0.3) is 0 Å². The van der Waals surface area contributed by atoms with Crippen molar-refractivity contribution in [3.05, 3.63) is 0 Å². The number of carboxylic acid groups (broad SMARTS) is 2. The van der Waals surface area contributed by atoms with Gasteiger partial charge in [0, 0.05) is 12.8 Å². The van der Waals surface area contributed by atoms with E-state index < -0.39 is 44.5 Å². The maximum atomic E-state index is 11.2. The molecule has 0 aliphatic carbocycles. The predicted octanol–water partition coefficient (Wildman–Crippen LogP) is 5.61. The summed E-state index contributed by atoms with van der Waals surface area (Å²) in [6, 6.07) is 0. The molecule has 2 N–H and O–H groups in total. The lowest BCUT2D eigenvalue weighted by atomic mass is 10.1. The van der Waals surface area contributed by atoms with E-state index in [2.05, 4.69) is 96.7 Å². The molecule has 254 valence electrons. The van der Waals surface area contributed by atoms with Gasteiger partial charge in [0.25, 0.3) is 0 Å². The average molecular weight is 681 g/mol. The van der Waals surface area contributed by atoms with Gasteiger partial charge in [-0.15, -0.1) is 11.8 Å². The Morgan fingerprint density at radius 1 is 0.553 bits per heavy atom. The van der Waals surface area contributed by atoms with Crippen LogP contribution < -0.4 is 0 Å². The van der Waals surface area contributed by atoms with Gasteiger partial charge < -0.3 is 14.8 Å². The Morgan fingerprint density at radius 2 is 0.936 bits per heavy atom. The highest BCUT2D eigenvalue weighted by Crippen LogP contribution is 2.06. The van der Waals surface area contributed by atoms with Crippen molar-refractivity contribution in [2.75, 3.05) is 23.0 Å². The highest BCUT2D eigenvalue weighted by Gasteiger charge is 2.13. The topological polar surface area (TPSA) is 132 Å². The number of aliphatic carboxylic acids is 2. The smallest absolute Gasteiger partial charge is 0.353 e. The molecule has 0 spiro atoms. The SMILES string of the molecule is CCCCCC#CCC#CCC#CCC#CC[S+]([O-])CC(=O)O.CCCCCCCCC#CCC#CCC#CCS(=O)(=O)CC(=O)O. The first-order valence-electron chi connectivity index (χ1n) is 15.8. The van der Waals surface area contributed by atoms with Crippen LogP contribution in [0.5, 0.6) is 0 Å². The Kier molecular flexibility index (Phi) is 33.7. The third-order valence-corrected chi connectivity index (χ3v) is 7.78. The number of hydrogen-bond donors (Lipinski definition) is 2. The zero-order valence-corrected chi connectivity index (χ0v) is 29.5. The molecule has 9 heteroatoms. The van der Waals surface area contributed by atoms with Crippen LogP contribution in [0.2, 0.25) is 0 Å². The van der Waals surface area contributed by atoms with Crippen molar-refractivity contribution in [2.45, 2.75) is 117 Å². The summed E-state index contributed by atoms with van der Waals surface area (Å²) in [6.07, 6.45) is 15.2. The first-order valence-corrected chi connectivity index (χ1v) is 19.1. The largest absolute Gasteiger partial charge is 0.615 e.